The molecule has 0 saturated heterocycles. The number of nitrogens with one attached hydrogen (secondary N) is 1. The number of ether oxygens (including phenoxy) is 2. The van der Waals surface area contributed by atoms with E-state index in [4.69, 9.17) is 21.1 Å². The fourth-order valence-corrected chi connectivity index (χ4v) is 4.62. The molecule has 2 aromatic carbocycles. The number of carbonyl (C=O) groups excluding carboxylic acids is 2. The summed E-state index contributed by atoms with van der Waals surface area (Å²) >= 11 is 9.57. The summed E-state index contributed by atoms with van der Waals surface area (Å²) in [6, 6.07) is 12.2. The number of halogens is 2. The van der Waals surface area contributed by atoms with E-state index in [0.717, 1.165) is 41.5 Å². The Morgan fingerprint density at radius 2 is 1.85 bits per heavy atom. The summed E-state index contributed by atoms with van der Waals surface area (Å²) in [5, 5.41) is 3.53. The van der Waals surface area contributed by atoms with Gasteiger partial charge in [-0.2, -0.15) is 0 Å². The van der Waals surface area contributed by atoms with Crippen LogP contribution in [0.3, 0.4) is 0 Å². The van der Waals surface area contributed by atoms with E-state index in [1.165, 1.54) is 6.42 Å². The van der Waals surface area contributed by atoms with E-state index in [1.807, 2.05) is 24.3 Å². The zero-order chi connectivity index (χ0) is 23.8. The molecule has 0 heterocycles. The number of hydrogen-bond donors (Lipinski definition) is 1. The van der Waals surface area contributed by atoms with Crippen LogP contribution in [0.25, 0.3) is 0 Å². The first kappa shape index (κ1) is 25.4. The minimum atomic E-state index is -0.648. The lowest BCUT2D eigenvalue weighted by Gasteiger charge is -2.31. The molecular weight excluding hydrogens is 508 g/mol. The van der Waals surface area contributed by atoms with Crippen LogP contribution in [-0.2, 0) is 16.1 Å². The lowest BCUT2D eigenvalue weighted by molar-refractivity contribution is -0.142. The smallest absolute Gasteiger partial charge is 0.261 e. The van der Waals surface area contributed by atoms with E-state index in [-0.39, 0.29) is 31.0 Å². The Balaban J connectivity index is 1.72. The minimum absolute atomic E-state index is 0.148. The van der Waals surface area contributed by atoms with Gasteiger partial charge in [0.15, 0.2) is 6.61 Å². The third kappa shape index (κ3) is 7.37. The number of amides is 2. The van der Waals surface area contributed by atoms with Crippen molar-refractivity contribution in [3.63, 3.8) is 0 Å². The predicted octanol–water partition coefficient (Wildman–Crippen LogP) is 5.36. The first-order chi connectivity index (χ1) is 15.9. The summed E-state index contributed by atoms with van der Waals surface area (Å²) in [7, 11) is 1.60. The van der Waals surface area contributed by atoms with Crippen LogP contribution in [-0.4, -0.2) is 42.5 Å². The molecule has 33 heavy (non-hydrogen) atoms. The number of nitrogens with zero attached hydrogens (tertiary/aromatic N) is 1. The number of carbonyl (C=O) groups is 2. The zero-order valence-corrected chi connectivity index (χ0v) is 21.3. The van der Waals surface area contributed by atoms with Crippen LogP contribution in [0.2, 0.25) is 5.02 Å². The average molecular weight is 538 g/mol. The Labute approximate surface area is 208 Å². The molecule has 6 nitrogen and oxygen atoms in total. The molecule has 0 bridgehead atoms. The molecule has 1 saturated carbocycles. The molecule has 2 amide bonds. The lowest BCUT2D eigenvalue weighted by atomic mass is 9.95. The summed E-state index contributed by atoms with van der Waals surface area (Å²) in [6.45, 7) is 1.81. The number of benzene rings is 2. The third-order valence-corrected chi connectivity index (χ3v) is 6.66. The first-order valence-electron chi connectivity index (χ1n) is 11.2. The van der Waals surface area contributed by atoms with Crippen LogP contribution in [0.5, 0.6) is 11.5 Å². The third-order valence-electron chi connectivity index (χ3n) is 5.88. The topological polar surface area (TPSA) is 67.9 Å². The Kier molecular flexibility index (Phi) is 9.44. The van der Waals surface area contributed by atoms with Gasteiger partial charge in [-0.05, 0) is 55.7 Å². The molecule has 0 aromatic heterocycles. The van der Waals surface area contributed by atoms with E-state index in [0.29, 0.717) is 10.8 Å². The Morgan fingerprint density at radius 1 is 1.15 bits per heavy atom. The Bertz CT molecular complexity index is 948. The highest BCUT2D eigenvalue weighted by atomic mass is 79.9. The van der Waals surface area contributed by atoms with Gasteiger partial charge in [-0.1, -0.05) is 58.9 Å². The van der Waals surface area contributed by atoms with Gasteiger partial charge in [0, 0.05) is 17.1 Å². The molecule has 3 rings (SSSR count). The van der Waals surface area contributed by atoms with Crippen molar-refractivity contribution >= 4 is 39.3 Å². The van der Waals surface area contributed by atoms with Crippen LogP contribution in [0.4, 0.5) is 0 Å². The Morgan fingerprint density at radius 3 is 2.48 bits per heavy atom. The fourth-order valence-electron chi connectivity index (χ4n) is 3.89. The highest BCUT2D eigenvalue weighted by molar-refractivity contribution is 9.10. The van der Waals surface area contributed by atoms with E-state index < -0.39 is 6.04 Å². The molecule has 0 aliphatic heterocycles. The molecule has 2 aromatic rings. The van der Waals surface area contributed by atoms with Crippen molar-refractivity contribution in [2.75, 3.05) is 13.7 Å². The van der Waals surface area contributed by atoms with Gasteiger partial charge in [0.2, 0.25) is 5.91 Å². The van der Waals surface area contributed by atoms with Gasteiger partial charge in [-0.15, -0.1) is 0 Å². The highest BCUT2D eigenvalue weighted by Gasteiger charge is 2.28. The van der Waals surface area contributed by atoms with Gasteiger partial charge < -0.3 is 19.7 Å². The summed E-state index contributed by atoms with van der Waals surface area (Å²) in [5.41, 5.74) is 0.892. The molecular formula is C25H30BrClN2O4. The van der Waals surface area contributed by atoms with Gasteiger partial charge in [0.25, 0.3) is 5.91 Å². The fraction of sp³-hybridized carbons (Fsp3) is 0.440. The average Bonchev–Trinajstić information content (AvgIpc) is 2.82. The zero-order valence-electron chi connectivity index (χ0n) is 19.0. The predicted molar refractivity (Wildman–Crippen MR) is 133 cm³/mol. The second kappa shape index (κ2) is 12.3. The second-order valence-corrected chi connectivity index (χ2v) is 9.58. The van der Waals surface area contributed by atoms with Gasteiger partial charge >= 0.3 is 0 Å². The summed E-state index contributed by atoms with van der Waals surface area (Å²) < 4.78 is 11.7. The SMILES string of the molecule is COc1ccc(CN(C(=O)COc2ccc(Br)cc2Cl)[C@H](C)C(=O)NC2CCCCC2)cc1. The van der Waals surface area contributed by atoms with Gasteiger partial charge in [0.05, 0.1) is 12.1 Å². The molecule has 1 atom stereocenters. The van der Waals surface area contributed by atoms with Crippen molar-refractivity contribution in [2.24, 2.45) is 0 Å². The van der Waals surface area contributed by atoms with Crippen molar-refractivity contribution in [2.45, 2.75) is 57.7 Å². The van der Waals surface area contributed by atoms with Crippen molar-refractivity contribution in [1.82, 2.24) is 10.2 Å². The van der Waals surface area contributed by atoms with Crippen LogP contribution in [0, 0.1) is 0 Å². The quantitative estimate of drug-likeness (QED) is 0.468. The van der Waals surface area contributed by atoms with Gasteiger partial charge in [-0.3, -0.25) is 9.59 Å². The first-order valence-corrected chi connectivity index (χ1v) is 12.3. The van der Waals surface area contributed by atoms with Crippen LogP contribution < -0.4 is 14.8 Å². The molecule has 1 fully saturated rings. The molecule has 0 spiro atoms. The van der Waals surface area contributed by atoms with Crippen LogP contribution in [0.15, 0.2) is 46.9 Å². The minimum Gasteiger partial charge on any atom is -0.497 e. The van der Waals surface area contributed by atoms with Crippen molar-refractivity contribution < 1.29 is 19.1 Å². The molecule has 0 unspecified atom stereocenters. The lowest BCUT2D eigenvalue weighted by Crippen LogP contribution is -2.51. The van der Waals surface area contributed by atoms with E-state index >= 15 is 0 Å². The van der Waals surface area contributed by atoms with E-state index in [1.54, 1.807) is 37.1 Å². The van der Waals surface area contributed by atoms with Crippen molar-refractivity contribution in [3.05, 3.63) is 57.5 Å². The molecule has 0 radical (unpaired) electrons. The summed E-state index contributed by atoms with van der Waals surface area (Å²) in [4.78, 5) is 27.8. The largest absolute Gasteiger partial charge is 0.497 e. The highest BCUT2D eigenvalue weighted by Crippen LogP contribution is 2.28. The molecule has 1 aliphatic rings. The molecule has 1 N–H and O–H groups in total. The van der Waals surface area contributed by atoms with E-state index in [2.05, 4.69) is 21.2 Å². The molecule has 178 valence electrons. The standard InChI is InChI=1S/C25H30BrClN2O4/c1-17(25(31)28-20-6-4-3-5-7-20)29(15-18-8-11-21(32-2)12-9-18)24(30)16-33-23-13-10-19(26)14-22(23)27/h8-14,17,20H,3-7,15-16H2,1-2H3,(H,28,31)/t17-/m1/s1. The Hall–Kier alpha value is -2.25. The van der Waals surface area contributed by atoms with Crippen molar-refractivity contribution in [1.29, 1.82) is 0 Å². The number of hydrogen-bond acceptors (Lipinski definition) is 4. The molecule has 8 heteroatoms. The second-order valence-electron chi connectivity index (χ2n) is 8.25. The molecule has 1 aliphatic carbocycles. The summed E-state index contributed by atoms with van der Waals surface area (Å²) in [5.74, 6) is 0.700. The van der Waals surface area contributed by atoms with Gasteiger partial charge in [0.1, 0.15) is 17.5 Å². The van der Waals surface area contributed by atoms with Gasteiger partial charge in [-0.25, -0.2) is 0 Å². The maximum Gasteiger partial charge on any atom is 0.261 e. The summed E-state index contributed by atoms with van der Waals surface area (Å²) in [6.07, 6.45) is 5.41. The van der Waals surface area contributed by atoms with Crippen molar-refractivity contribution in [3.8, 4) is 11.5 Å². The number of methoxy groups -OCH3 is 1. The monoisotopic (exact) mass is 536 g/mol. The normalized spacial score (nSPS) is 14.9. The van der Waals surface area contributed by atoms with E-state index in [9.17, 15) is 9.59 Å². The van der Waals surface area contributed by atoms with Crippen LogP contribution in [0.1, 0.15) is 44.6 Å². The number of rotatable bonds is 9. The van der Waals surface area contributed by atoms with Crippen LogP contribution >= 0.6 is 27.5 Å². The maximum atomic E-state index is 13.2. The maximum absolute atomic E-state index is 13.2.